The molecule has 2 aromatic carbocycles. The van der Waals surface area contributed by atoms with Crippen LogP contribution < -0.4 is 5.56 Å². The van der Waals surface area contributed by atoms with E-state index in [0.29, 0.717) is 0 Å². The van der Waals surface area contributed by atoms with Crippen LogP contribution in [0.2, 0.25) is 0 Å². The minimum atomic E-state index is 0.0501. The van der Waals surface area contributed by atoms with Crippen LogP contribution in [0.3, 0.4) is 0 Å². The van der Waals surface area contributed by atoms with Crippen molar-refractivity contribution in [3.05, 3.63) is 63.4 Å². The van der Waals surface area contributed by atoms with Gasteiger partial charge in [-0.05, 0) is 0 Å². The van der Waals surface area contributed by atoms with Crippen LogP contribution in [0.4, 0.5) is 0 Å². The molecule has 0 bridgehead atoms. The topological polar surface area (TPSA) is 22.0 Å². The van der Waals surface area contributed by atoms with Crippen molar-refractivity contribution in [1.82, 2.24) is 3.56 Å². The predicted molar refractivity (Wildman–Crippen MR) is 74.2 cm³/mol. The molecule has 0 atom stereocenters. The van der Waals surface area contributed by atoms with Gasteiger partial charge in [-0.3, -0.25) is 0 Å². The van der Waals surface area contributed by atoms with Gasteiger partial charge in [0.1, 0.15) is 0 Å². The average molecular weight is 353 g/mol. The SMILES string of the molecule is O=c1c2cc(Br)ccc2[se]n1-c1ccccc1. The number of para-hydroxylation sites is 1. The summed E-state index contributed by atoms with van der Waals surface area (Å²) in [5.74, 6) is 0. The number of hydrogen-bond donors (Lipinski definition) is 0. The second-order valence-corrected chi connectivity index (χ2v) is 6.65. The van der Waals surface area contributed by atoms with E-state index in [1.165, 1.54) is 0 Å². The van der Waals surface area contributed by atoms with Crippen molar-refractivity contribution in [3.63, 3.8) is 0 Å². The molecular weight excluding hydrogens is 345 g/mol. The maximum absolute atomic E-state index is 12.3. The summed E-state index contributed by atoms with van der Waals surface area (Å²) < 4.78 is 3.97. The van der Waals surface area contributed by atoms with Crippen molar-refractivity contribution in [1.29, 1.82) is 0 Å². The maximum atomic E-state index is 12.3. The first-order valence-electron chi connectivity index (χ1n) is 5.13. The molecule has 4 heteroatoms. The Bertz CT molecular complexity index is 730. The van der Waals surface area contributed by atoms with Crippen molar-refractivity contribution in [2.45, 2.75) is 0 Å². The number of benzene rings is 2. The first-order valence-corrected chi connectivity index (χ1v) is 7.54. The second-order valence-electron chi connectivity index (χ2n) is 3.67. The Morgan fingerprint density at radius 3 is 2.59 bits per heavy atom. The van der Waals surface area contributed by atoms with E-state index in [1.54, 1.807) is 0 Å². The van der Waals surface area contributed by atoms with Crippen LogP contribution in [-0.4, -0.2) is 18.3 Å². The molecule has 0 N–H and O–H groups in total. The van der Waals surface area contributed by atoms with E-state index < -0.39 is 0 Å². The van der Waals surface area contributed by atoms with Gasteiger partial charge in [0.25, 0.3) is 0 Å². The zero-order valence-electron chi connectivity index (χ0n) is 8.76. The zero-order chi connectivity index (χ0) is 11.8. The van der Waals surface area contributed by atoms with Gasteiger partial charge < -0.3 is 0 Å². The molecule has 2 nitrogen and oxygen atoms in total. The molecule has 0 aliphatic rings. The van der Waals surface area contributed by atoms with E-state index in [1.807, 2.05) is 52.1 Å². The van der Waals surface area contributed by atoms with E-state index in [9.17, 15) is 4.79 Å². The normalized spacial score (nSPS) is 10.9. The molecule has 0 saturated carbocycles. The molecule has 84 valence electrons. The summed E-state index contributed by atoms with van der Waals surface area (Å²) in [5, 5.41) is 0.822. The van der Waals surface area contributed by atoms with Crippen LogP contribution in [0.1, 0.15) is 0 Å². The van der Waals surface area contributed by atoms with Gasteiger partial charge in [0.05, 0.1) is 0 Å². The zero-order valence-corrected chi connectivity index (χ0v) is 12.1. The van der Waals surface area contributed by atoms with Crippen molar-refractivity contribution in [3.8, 4) is 5.69 Å². The number of halogens is 1. The monoisotopic (exact) mass is 353 g/mol. The standard InChI is InChI=1S/C13H8BrNOSe/c14-9-6-7-12-11(8-9)13(16)15(17-12)10-4-2-1-3-5-10/h1-8H. The van der Waals surface area contributed by atoms with Crippen LogP contribution in [0.5, 0.6) is 0 Å². The number of hydrogen-bond acceptors (Lipinski definition) is 1. The quantitative estimate of drug-likeness (QED) is 0.617. The number of rotatable bonds is 1. The Labute approximate surface area is 113 Å². The molecule has 3 rings (SSSR count). The Kier molecular flexibility index (Phi) is 2.79. The molecule has 0 fully saturated rings. The summed E-state index contributed by atoms with van der Waals surface area (Å²) in [4.78, 5) is 12.3. The molecule has 0 aliphatic carbocycles. The van der Waals surface area contributed by atoms with Crippen molar-refractivity contribution in [2.24, 2.45) is 0 Å². The van der Waals surface area contributed by atoms with Gasteiger partial charge in [-0.2, -0.15) is 0 Å². The summed E-state index contributed by atoms with van der Waals surface area (Å²) in [6, 6.07) is 15.7. The van der Waals surface area contributed by atoms with E-state index in [4.69, 9.17) is 0 Å². The Morgan fingerprint density at radius 2 is 1.82 bits per heavy atom. The van der Waals surface area contributed by atoms with Crippen molar-refractivity contribution >= 4 is 40.3 Å². The van der Waals surface area contributed by atoms with Crippen LogP contribution in [-0.2, 0) is 0 Å². The van der Waals surface area contributed by atoms with Crippen LogP contribution in [0, 0.1) is 0 Å². The molecule has 0 saturated heterocycles. The van der Waals surface area contributed by atoms with Crippen LogP contribution in [0.25, 0.3) is 15.3 Å². The van der Waals surface area contributed by atoms with Crippen molar-refractivity contribution < 1.29 is 0 Å². The first kappa shape index (κ1) is 11.0. The van der Waals surface area contributed by atoms with E-state index in [0.717, 1.165) is 19.8 Å². The Morgan fingerprint density at radius 1 is 1.06 bits per heavy atom. The van der Waals surface area contributed by atoms with Gasteiger partial charge in [-0.25, -0.2) is 0 Å². The summed E-state index contributed by atoms with van der Waals surface area (Å²) in [5.41, 5.74) is 1.08. The molecule has 1 heterocycles. The summed E-state index contributed by atoms with van der Waals surface area (Å²) in [6.07, 6.45) is 0. The van der Waals surface area contributed by atoms with Crippen molar-refractivity contribution in [2.75, 3.05) is 0 Å². The van der Waals surface area contributed by atoms with Gasteiger partial charge in [0.2, 0.25) is 0 Å². The summed E-state index contributed by atoms with van der Waals surface area (Å²) in [7, 11) is 0. The number of aromatic nitrogens is 1. The second kappa shape index (κ2) is 4.30. The summed E-state index contributed by atoms with van der Waals surface area (Å²) in [6.45, 7) is 0. The van der Waals surface area contributed by atoms with Crippen LogP contribution >= 0.6 is 15.9 Å². The molecule has 0 aliphatic heterocycles. The number of nitrogens with zero attached hydrogens (tertiary/aromatic N) is 1. The summed E-state index contributed by atoms with van der Waals surface area (Å²) >= 11 is 3.45. The van der Waals surface area contributed by atoms with Gasteiger partial charge in [-0.15, -0.1) is 0 Å². The van der Waals surface area contributed by atoms with Crippen LogP contribution in [0.15, 0.2) is 57.8 Å². The fourth-order valence-corrected chi connectivity index (χ4v) is 4.15. The molecule has 3 aromatic rings. The average Bonchev–Trinajstić information content (AvgIpc) is 2.68. The molecular formula is C13H8BrNOSe. The molecule has 0 spiro atoms. The van der Waals surface area contributed by atoms with Gasteiger partial charge in [0, 0.05) is 0 Å². The molecule has 1 aromatic heterocycles. The fourth-order valence-electron chi connectivity index (χ4n) is 1.73. The van der Waals surface area contributed by atoms with E-state index in [2.05, 4.69) is 15.9 Å². The minimum absolute atomic E-state index is 0.0501. The molecule has 17 heavy (non-hydrogen) atoms. The third-order valence-corrected chi connectivity index (χ3v) is 5.36. The van der Waals surface area contributed by atoms with Gasteiger partial charge in [0.15, 0.2) is 0 Å². The van der Waals surface area contributed by atoms with E-state index >= 15 is 0 Å². The molecule has 0 amide bonds. The predicted octanol–water partition coefficient (Wildman–Crippen LogP) is 2.81. The van der Waals surface area contributed by atoms with Gasteiger partial charge >= 0.3 is 113 Å². The molecule has 0 radical (unpaired) electrons. The Hall–Kier alpha value is -1.09. The number of fused-ring (bicyclic) bond motifs is 1. The first-order chi connectivity index (χ1) is 8.25. The Balaban J connectivity index is 2.33. The molecule has 0 unspecified atom stereocenters. The third kappa shape index (κ3) is 1.93. The van der Waals surface area contributed by atoms with E-state index in [-0.39, 0.29) is 20.3 Å². The third-order valence-electron chi connectivity index (χ3n) is 2.54. The fraction of sp³-hybridized carbons (Fsp3) is 0. The van der Waals surface area contributed by atoms with Gasteiger partial charge in [-0.1, -0.05) is 0 Å².